The summed E-state index contributed by atoms with van der Waals surface area (Å²) in [4.78, 5) is 14.4. The van der Waals surface area contributed by atoms with Crippen molar-refractivity contribution in [3.63, 3.8) is 0 Å². The van der Waals surface area contributed by atoms with Crippen molar-refractivity contribution in [2.75, 3.05) is 0 Å². The van der Waals surface area contributed by atoms with Gasteiger partial charge in [-0.2, -0.15) is 0 Å². The first-order valence-corrected chi connectivity index (χ1v) is 11.1. The van der Waals surface area contributed by atoms with E-state index in [1.165, 1.54) is 5.56 Å². The van der Waals surface area contributed by atoms with E-state index in [0.717, 1.165) is 28.4 Å². The van der Waals surface area contributed by atoms with E-state index in [9.17, 15) is 9.90 Å². The minimum atomic E-state index is -0.920. The van der Waals surface area contributed by atoms with Crippen molar-refractivity contribution in [3.05, 3.63) is 58.1 Å². The van der Waals surface area contributed by atoms with E-state index < -0.39 is 5.97 Å². The van der Waals surface area contributed by atoms with Gasteiger partial charge in [-0.1, -0.05) is 0 Å². The van der Waals surface area contributed by atoms with Crippen LogP contribution in [0, 0.1) is 17.7 Å². The van der Waals surface area contributed by atoms with Gasteiger partial charge in [0.1, 0.15) is 0 Å². The Kier molecular flexibility index (Phi) is 5.36. The summed E-state index contributed by atoms with van der Waals surface area (Å²) in [7, 11) is 0. The van der Waals surface area contributed by atoms with E-state index in [4.69, 9.17) is 5.11 Å². The Labute approximate surface area is 173 Å². The van der Waals surface area contributed by atoms with Crippen LogP contribution in [0.5, 0.6) is 5.75 Å². The van der Waals surface area contributed by atoms with E-state index in [2.05, 4.69) is 44.5 Å². The van der Waals surface area contributed by atoms with Gasteiger partial charge < -0.3 is 0 Å². The van der Waals surface area contributed by atoms with Crippen LogP contribution in [-0.4, -0.2) is 31.1 Å². The Balaban J connectivity index is 1.90. The summed E-state index contributed by atoms with van der Waals surface area (Å²) in [6.45, 7) is 10.7. The van der Waals surface area contributed by atoms with Gasteiger partial charge in [0, 0.05) is 0 Å². The minimum absolute atomic E-state index is 0.0183. The number of carboxylic acid groups (broad SMARTS) is 1. The maximum atomic E-state index is 11.1. The van der Waals surface area contributed by atoms with Crippen molar-refractivity contribution >= 4 is 25.4 Å². The second-order valence-electron chi connectivity index (χ2n) is 8.80. The Morgan fingerprint density at radius 3 is 2.39 bits per heavy atom. The van der Waals surface area contributed by atoms with Crippen molar-refractivity contribution < 1.29 is 15.0 Å². The van der Waals surface area contributed by atoms with E-state index in [-0.39, 0.29) is 25.8 Å². The van der Waals surface area contributed by atoms with Crippen molar-refractivity contribution in [1.82, 2.24) is 0 Å². The third kappa shape index (κ3) is 3.97. The molecule has 0 saturated heterocycles. The second-order valence-corrected chi connectivity index (χ2v) is 10.6. The molecule has 28 heavy (non-hydrogen) atoms. The van der Waals surface area contributed by atoms with Crippen LogP contribution >= 0.6 is 0 Å². The van der Waals surface area contributed by atoms with Gasteiger partial charge in [-0.15, -0.1) is 0 Å². The number of phenolic OH excluding ortho intramolecular Hbond substituents is 1. The average Bonchev–Trinajstić information content (AvgIpc) is 2.58. The molecule has 0 radical (unpaired) electrons. The number of fused-ring (bicyclic) bond motifs is 1. The number of aromatic hydroxyl groups is 1. The summed E-state index contributed by atoms with van der Waals surface area (Å²) >= 11 is -0.0937. The van der Waals surface area contributed by atoms with Crippen molar-refractivity contribution in [2.45, 2.75) is 58.3 Å². The zero-order valence-electron chi connectivity index (χ0n) is 17.0. The summed E-state index contributed by atoms with van der Waals surface area (Å²) in [6, 6.07) is 9.25. The first kappa shape index (κ1) is 20.5. The number of aryl methyl sites for hydroxylation is 1. The molecule has 0 amide bonds. The van der Waals surface area contributed by atoms with Crippen LogP contribution in [0.1, 0.15) is 73.1 Å². The molecule has 146 valence electrons. The van der Waals surface area contributed by atoms with Gasteiger partial charge >= 0.3 is 173 Å². The normalized spacial score (nSPS) is 16.6. The molecule has 0 spiro atoms. The zero-order valence-corrected chi connectivity index (χ0v) is 18.7. The fraction of sp³-hybridized carbons (Fsp3) is 0.375. The molecule has 0 unspecified atom stereocenters. The molecule has 0 fully saturated rings. The molecule has 4 heteroatoms. The Morgan fingerprint density at radius 1 is 1.07 bits per heavy atom. The third-order valence-electron chi connectivity index (χ3n) is 5.69. The molecule has 0 bridgehead atoms. The van der Waals surface area contributed by atoms with Crippen LogP contribution in [0.4, 0.5) is 0 Å². The molecule has 0 saturated carbocycles. The monoisotopic (exact) mass is 442 g/mol. The molecular formula is C24H26O3Se. The fourth-order valence-electron chi connectivity index (χ4n) is 3.91. The van der Waals surface area contributed by atoms with Crippen LogP contribution in [-0.2, 0) is 10.8 Å². The van der Waals surface area contributed by atoms with E-state index in [1.807, 2.05) is 12.1 Å². The van der Waals surface area contributed by atoms with Gasteiger partial charge in [-0.3, -0.25) is 0 Å². The van der Waals surface area contributed by atoms with Crippen molar-refractivity contribution in [3.8, 4) is 16.5 Å². The molecule has 3 nitrogen and oxygen atoms in total. The van der Waals surface area contributed by atoms with Gasteiger partial charge in [0.25, 0.3) is 0 Å². The summed E-state index contributed by atoms with van der Waals surface area (Å²) in [5, 5.41) is 19.9. The van der Waals surface area contributed by atoms with Gasteiger partial charge in [-0.05, 0) is 0 Å². The molecular weight excluding hydrogens is 415 g/mol. The zero-order chi connectivity index (χ0) is 20.7. The van der Waals surface area contributed by atoms with Crippen LogP contribution in [0.2, 0.25) is 0 Å². The Bertz CT molecular complexity index is 1010. The van der Waals surface area contributed by atoms with Gasteiger partial charge in [0.05, 0.1) is 0 Å². The fourth-order valence-corrected chi connectivity index (χ4v) is 5.24. The molecule has 3 rings (SSSR count). The Morgan fingerprint density at radius 2 is 1.75 bits per heavy atom. The number of carboxylic acids is 1. The number of hydrogen-bond donors (Lipinski definition) is 2. The Hall–Kier alpha value is -2.21. The van der Waals surface area contributed by atoms with Crippen LogP contribution in [0.15, 0.2) is 30.3 Å². The second kappa shape index (κ2) is 7.32. The predicted octanol–water partition coefficient (Wildman–Crippen LogP) is 4.09. The van der Waals surface area contributed by atoms with Gasteiger partial charge in [-0.25, -0.2) is 0 Å². The first-order chi connectivity index (χ1) is 13.0. The standard InChI is InChI=1S/C24H26O3Se/c1-15-12-16(6-7-18(15)22(26)27)8-11-28-17-13-19-21(20(25)14-17)24(4,5)10-9-23(19,2)3/h6-7,12-14,25H,9-10H2,1-5H3,(H,26,27). The van der Waals surface area contributed by atoms with Crippen LogP contribution in [0.25, 0.3) is 0 Å². The van der Waals surface area contributed by atoms with E-state index in [1.54, 1.807) is 19.1 Å². The maximum absolute atomic E-state index is 11.1. The predicted molar refractivity (Wildman–Crippen MR) is 114 cm³/mol. The molecule has 2 aromatic rings. The molecule has 0 atom stereocenters. The SMILES string of the molecule is Cc1cc(C#C[Se]c2cc(O)c3c(c2)C(C)(C)CCC3(C)C)ccc1C(=O)O. The number of carbonyl (C=O) groups is 1. The molecule has 1 aliphatic rings. The van der Waals surface area contributed by atoms with Crippen molar-refractivity contribution in [2.24, 2.45) is 0 Å². The van der Waals surface area contributed by atoms with Crippen LogP contribution in [0.3, 0.4) is 0 Å². The topological polar surface area (TPSA) is 57.5 Å². The number of rotatable bonds is 2. The van der Waals surface area contributed by atoms with Gasteiger partial charge in [0.2, 0.25) is 0 Å². The molecule has 0 aromatic heterocycles. The number of benzene rings is 2. The summed E-state index contributed by atoms with van der Waals surface area (Å²) in [5.74, 6) is 2.60. The van der Waals surface area contributed by atoms with Gasteiger partial charge in [0.15, 0.2) is 0 Å². The summed E-state index contributed by atoms with van der Waals surface area (Å²) in [5.41, 5.74) is 4.18. The molecule has 0 aliphatic heterocycles. The van der Waals surface area contributed by atoms with Crippen molar-refractivity contribution in [1.29, 1.82) is 0 Å². The first-order valence-electron chi connectivity index (χ1n) is 9.41. The quantitative estimate of drug-likeness (QED) is 0.545. The molecule has 2 N–H and O–H groups in total. The summed E-state index contributed by atoms with van der Waals surface area (Å²) in [6.07, 6.45) is 2.17. The summed E-state index contributed by atoms with van der Waals surface area (Å²) < 4.78 is 1.07. The van der Waals surface area contributed by atoms with E-state index in [0.29, 0.717) is 16.9 Å². The van der Waals surface area contributed by atoms with Crippen LogP contribution < -0.4 is 4.46 Å². The average molecular weight is 441 g/mol. The molecule has 1 aliphatic carbocycles. The molecule has 0 heterocycles. The third-order valence-corrected chi connectivity index (χ3v) is 7.11. The number of phenols is 1. The van der Waals surface area contributed by atoms with E-state index >= 15 is 0 Å². The number of aromatic carboxylic acids is 1. The number of hydrogen-bond acceptors (Lipinski definition) is 2. The molecule has 2 aromatic carbocycles.